The van der Waals surface area contributed by atoms with Crippen molar-refractivity contribution in [3.63, 3.8) is 0 Å². The summed E-state index contributed by atoms with van der Waals surface area (Å²) in [5.74, 6) is 6.72. The van der Waals surface area contributed by atoms with Crippen LogP contribution in [0.15, 0.2) is 64.1 Å². The van der Waals surface area contributed by atoms with Gasteiger partial charge in [0.2, 0.25) is 5.70 Å². The van der Waals surface area contributed by atoms with Crippen molar-refractivity contribution in [2.45, 2.75) is 19.4 Å². The normalized spacial score (nSPS) is 24.8. The molecular weight excluding hydrogens is 457 g/mol. The second-order valence-corrected chi connectivity index (χ2v) is 7.77. The number of nitrogens with zero attached hydrogens (tertiary/aromatic N) is 4. The molecule has 1 aromatic rings. The molecule has 1 aromatic carbocycles. The zero-order valence-corrected chi connectivity index (χ0v) is 16.9. The molecule has 0 saturated carbocycles. The number of nitrogens with two attached hydrogens (primary N) is 1. The van der Waals surface area contributed by atoms with Crippen LogP contribution in [0.2, 0.25) is 0 Å². The minimum Gasteiger partial charge on any atom is -0.445 e. The molecule has 3 aliphatic rings. The van der Waals surface area contributed by atoms with Gasteiger partial charge in [-0.05, 0) is 18.4 Å². The van der Waals surface area contributed by atoms with Crippen LogP contribution in [-0.4, -0.2) is 38.7 Å². The minimum absolute atomic E-state index is 0.0960. The molecule has 3 heterocycles. The largest absolute Gasteiger partial charge is 0.445 e. The quantitative estimate of drug-likeness (QED) is 0.314. The summed E-state index contributed by atoms with van der Waals surface area (Å²) in [6.07, 6.45) is 6.75. The van der Waals surface area contributed by atoms with E-state index in [1.54, 1.807) is 17.3 Å². The lowest BCUT2D eigenvalue weighted by Crippen LogP contribution is -2.50. The molecule has 2 N–H and O–H groups in total. The monoisotopic (exact) mass is 478 g/mol. The first-order valence-corrected chi connectivity index (χ1v) is 9.99. The van der Waals surface area contributed by atoms with Crippen LogP contribution in [0.3, 0.4) is 0 Å². The molecule has 140 valence electrons. The van der Waals surface area contributed by atoms with Crippen LogP contribution >= 0.6 is 22.6 Å². The topological polar surface area (TPSA) is 80.3 Å². The van der Waals surface area contributed by atoms with Crippen LogP contribution in [-0.2, 0) is 11.3 Å². The van der Waals surface area contributed by atoms with E-state index >= 15 is 0 Å². The number of amides is 1. The molecule has 0 bridgehead atoms. The van der Waals surface area contributed by atoms with E-state index in [4.69, 9.17) is 15.6 Å². The minimum atomic E-state index is -0.259. The summed E-state index contributed by atoms with van der Waals surface area (Å²) in [4.78, 5) is 23.1. The number of rotatable bonds is 3. The van der Waals surface area contributed by atoms with Crippen molar-refractivity contribution < 1.29 is 14.1 Å². The number of likely N-dealkylation sites (tertiary alicyclic amines) is 1. The zero-order chi connectivity index (χ0) is 18.9. The molecule has 1 fully saturated rings. The van der Waals surface area contributed by atoms with Gasteiger partial charge in [-0.25, -0.2) is 4.79 Å². The maximum Gasteiger partial charge on any atom is 0.410 e. The van der Waals surface area contributed by atoms with Crippen molar-refractivity contribution in [3.05, 3.63) is 59.7 Å². The summed E-state index contributed by atoms with van der Waals surface area (Å²) in [5, 5.41) is 0. The maximum atomic E-state index is 12.3. The average molecular weight is 478 g/mol. The van der Waals surface area contributed by atoms with Gasteiger partial charge in [0.15, 0.2) is 0 Å². The number of hydrogen-bond donors (Lipinski definition) is 1. The van der Waals surface area contributed by atoms with Crippen LogP contribution in [0.4, 0.5) is 4.79 Å². The van der Waals surface area contributed by atoms with Crippen molar-refractivity contribution in [2.75, 3.05) is 13.1 Å². The van der Waals surface area contributed by atoms with Crippen molar-refractivity contribution in [3.8, 4) is 0 Å². The number of ether oxygens (including phenoxy) is 1. The lowest BCUT2D eigenvalue weighted by molar-refractivity contribution is -0.745. The van der Waals surface area contributed by atoms with Crippen LogP contribution in [0.5, 0.6) is 0 Å². The average Bonchev–Trinajstić information content (AvgIpc) is 2.98. The number of hydrogen-bond acceptors (Lipinski definition) is 5. The first-order chi connectivity index (χ1) is 13.1. The molecule has 0 radical (unpaired) electrons. The second kappa shape index (κ2) is 7.53. The Morgan fingerprint density at radius 2 is 2.04 bits per heavy atom. The maximum absolute atomic E-state index is 12.3. The number of benzene rings is 1. The van der Waals surface area contributed by atoms with Gasteiger partial charge >= 0.3 is 6.09 Å². The van der Waals surface area contributed by atoms with Gasteiger partial charge in [0.1, 0.15) is 18.5 Å². The Kier molecular flexibility index (Phi) is 5.11. The number of amidine groups is 1. The lowest BCUT2D eigenvalue weighted by atomic mass is 9.92. The number of quaternary nitrogens is 1. The van der Waals surface area contributed by atoms with Crippen LogP contribution in [0.25, 0.3) is 0 Å². The van der Waals surface area contributed by atoms with Crippen molar-refractivity contribution in [1.82, 2.24) is 4.90 Å². The molecule has 1 unspecified atom stereocenters. The molecular formula is C19H21IN5O2+. The second-order valence-electron chi connectivity index (χ2n) is 6.81. The summed E-state index contributed by atoms with van der Waals surface area (Å²) in [6.45, 7) is 1.60. The number of aliphatic imine (C=N–C) groups is 2. The Morgan fingerprint density at radius 1 is 1.30 bits per heavy atom. The van der Waals surface area contributed by atoms with Gasteiger partial charge < -0.3 is 9.64 Å². The van der Waals surface area contributed by atoms with Crippen LogP contribution < -0.4 is 5.84 Å². The van der Waals surface area contributed by atoms with E-state index in [1.807, 2.05) is 36.5 Å². The Hall–Kier alpha value is -2.04. The highest BCUT2D eigenvalue weighted by atomic mass is 127. The highest BCUT2D eigenvalue weighted by Gasteiger charge is 2.44. The van der Waals surface area contributed by atoms with Crippen molar-refractivity contribution in [2.24, 2.45) is 21.7 Å². The Labute approximate surface area is 171 Å². The zero-order valence-electron chi connectivity index (χ0n) is 14.8. The van der Waals surface area contributed by atoms with E-state index in [2.05, 4.69) is 27.6 Å². The molecule has 1 atom stereocenters. The molecule has 1 amide bonds. The summed E-state index contributed by atoms with van der Waals surface area (Å²) >= 11 is 2.18. The van der Waals surface area contributed by atoms with Gasteiger partial charge in [-0.3, -0.25) is 4.99 Å². The molecule has 27 heavy (non-hydrogen) atoms. The van der Waals surface area contributed by atoms with E-state index in [0.29, 0.717) is 19.7 Å². The fraction of sp³-hybridized carbons (Fsp3) is 0.316. The number of piperidine rings is 1. The molecule has 3 aliphatic heterocycles. The van der Waals surface area contributed by atoms with E-state index in [9.17, 15) is 4.79 Å². The Morgan fingerprint density at radius 3 is 2.78 bits per heavy atom. The van der Waals surface area contributed by atoms with Crippen LogP contribution in [0.1, 0.15) is 18.4 Å². The third-order valence-corrected chi connectivity index (χ3v) is 6.15. The third kappa shape index (κ3) is 3.56. The molecule has 4 rings (SSSR count). The van der Waals surface area contributed by atoms with Crippen LogP contribution in [0, 0.1) is 5.92 Å². The van der Waals surface area contributed by atoms with E-state index in [0.717, 1.165) is 33.6 Å². The number of fused-ring (bicyclic) bond motifs is 1. The van der Waals surface area contributed by atoms with Crippen molar-refractivity contribution in [1.29, 1.82) is 0 Å². The predicted octanol–water partition coefficient (Wildman–Crippen LogP) is 3.30. The molecule has 0 aromatic heterocycles. The summed E-state index contributed by atoms with van der Waals surface area (Å²) in [6, 6.07) is 9.72. The van der Waals surface area contributed by atoms with E-state index < -0.39 is 0 Å². The van der Waals surface area contributed by atoms with Gasteiger partial charge in [-0.1, -0.05) is 30.3 Å². The van der Waals surface area contributed by atoms with E-state index in [-0.39, 0.29) is 16.6 Å². The number of halogens is 1. The Bertz CT molecular complexity index is 856. The summed E-state index contributed by atoms with van der Waals surface area (Å²) in [7, 11) is 0. The van der Waals surface area contributed by atoms with Gasteiger partial charge in [0.25, 0.3) is 3.84 Å². The highest BCUT2D eigenvalue weighted by Crippen LogP contribution is 2.37. The van der Waals surface area contributed by atoms with Gasteiger partial charge in [0.05, 0.1) is 35.0 Å². The molecule has 1 saturated heterocycles. The number of carbonyl (C=O) groups is 1. The van der Waals surface area contributed by atoms with Gasteiger partial charge in [-0.2, -0.15) is 10.8 Å². The van der Waals surface area contributed by atoms with Crippen molar-refractivity contribution >= 4 is 38.7 Å². The molecule has 0 aliphatic carbocycles. The summed E-state index contributed by atoms with van der Waals surface area (Å²) < 4.78 is 6.35. The first kappa shape index (κ1) is 18.3. The summed E-state index contributed by atoms with van der Waals surface area (Å²) in [5.41, 5.74) is 2.91. The first-order valence-electron chi connectivity index (χ1n) is 8.91. The predicted molar refractivity (Wildman–Crippen MR) is 111 cm³/mol. The number of allylic oxidation sites excluding steroid dienone is 2. The van der Waals surface area contributed by atoms with Gasteiger partial charge in [0, 0.05) is 19.0 Å². The van der Waals surface area contributed by atoms with Gasteiger partial charge in [-0.15, -0.1) is 4.59 Å². The fourth-order valence-corrected chi connectivity index (χ4v) is 4.22. The Balaban J connectivity index is 1.37. The fourth-order valence-electron chi connectivity index (χ4n) is 3.54. The smallest absolute Gasteiger partial charge is 0.410 e. The van der Waals surface area contributed by atoms with E-state index in [1.165, 1.54) is 0 Å². The molecule has 8 heteroatoms. The standard InChI is InChI=1S/C19H21IN5O2/c20-18-23-17(16-12-22-8-11-25(16,18)21)15-6-9-24(10-7-15)19(26)27-13-14-4-2-1-3-5-14/h1-5,8,11-12,15H,6-7,9-10,13,21H2/q+1. The molecule has 7 nitrogen and oxygen atoms in total. The third-order valence-electron chi connectivity index (χ3n) is 5.11. The SMILES string of the molecule is N[N+]12C=CN=CC1=C(C1CCN(C(=O)OCc3ccccc3)CC1)N=C2I. The number of carbonyl (C=O) groups excluding carboxylic acids is 1. The lowest BCUT2D eigenvalue weighted by Gasteiger charge is -2.31. The highest BCUT2D eigenvalue weighted by molar-refractivity contribution is 14.1. The molecule has 0 spiro atoms.